The van der Waals surface area contributed by atoms with Gasteiger partial charge in [-0.2, -0.15) is 0 Å². The highest BCUT2D eigenvalue weighted by atomic mass is 16.6. The lowest BCUT2D eigenvalue weighted by atomic mass is 10.2. The van der Waals surface area contributed by atoms with Crippen LogP contribution in [0.25, 0.3) is 0 Å². The van der Waals surface area contributed by atoms with E-state index in [9.17, 15) is 4.79 Å². The summed E-state index contributed by atoms with van der Waals surface area (Å²) < 4.78 is 11.2. The zero-order valence-electron chi connectivity index (χ0n) is 13.4. The molecule has 0 aromatic heterocycles. The predicted molar refractivity (Wildman–Crippen MR) is 89.6 cm³/mol. The fraction of sp³-hybridized carbons (Fsp3) is 0.316. The molecule has 1 fully saturated rings. The van der Waals surface area contributed by atoms with Crippen LogP contribution in [0.4, 0.5) is 0 Å². The molecule has 1 saturated heterocycles. The lowest BCUT2D eigenvalue weighted by Crippen LogP contribution is -2.23. The van der Waals surface area contributed by atoms with E-state index in [4.69, 9.17) is 14.3 Å². The van der Waals surface area contributed by atoms with Crippen LogP contribution in [0.2, 0.25) is 0 Å². The maximum Gasteiger partial charge on any atom is 0.274 e. The first-order chi connectivity index (χ1) is 11.8. The van der Waals surface area contributed by atoms with E-state index in [1.807, 2.05) is 30.3 Å². The molecule has 0 bridgehead atoms. The molecule has 0 spiro atoms. The molecule has 1 N–H and O–H groups in total. The normalized spacial score (nSPS) is 16.8. The quantitative estimate of drug-likeness (QED) is 0.794. The topological polar surface area (TPSA) is 56.8 Å². The molecule has 0 aliphatic carbocycles. The second kappa shape index (κ2) is 8.47. The fourth-order valence-electron chi connectivity index (χ4n) is 2.49. The van der Waals surface area contributed by atoms with Gasteiger partial charge < -0.3 is 9.47 Å². The van der Waals surface area contributed by atoms with E-state index in [1.54, 1.807) is 24.3 Å². The highest BCUT2D eigenvalue weighted by molar-refractivity contribution is 5.93. The molecule has 1 unspecified atom stereocenters. The van der Waals surface area contributed by atoms with Gasteiger partial charge in [-0.1, -0.05) is 30.3 Å². The molecule has 5 heteroatoms. The van der Waals surface area contributed by atoms with Crippen LogP contribution in [0.3, 0.4) is 0 Å². The van der Waals surface area contributed by atoms with Gasteiger partial charge in [-0.25, -0.2) is 5.48 Å². The molecular formula is C19H21NO4. The molecule has 3 rings (SSSR count). The van der Waals surface area contributed by atoms with E-state index in [0.717, 1.165) is 30.8 Å². The molecule has 1 atom stereocenters. The second-order valence-electron chi connectivity index (χ2n) is 5.68. The Hall–Kier alpha value is -2.37. The van der Waals surface area contributed by atoms with Crippen LogP contribution >= 0.6 is 0 Å². The number of carbonyl (C=O) groups is 1. The number of carbonyl (C=O) groups excluding carboxylic acids is 1. The van der Waals surface area contributed by atoms with Crippen molar-refractivity contribution in [3.63, 3.8) is 0 Å². The fourth-order valence-corrected chi connectivity index (χ4v) is 2.49. The van der Waals surface area contributed by atoms with Gasteiger partial charge in [-0.3, -0.25) is 9.63 Å². The van der Waals surface area contributed by atoms with Crippen LogP contribution in [0.1, 0.15) is 28.8 Å². The summed E-state index contributed by atoms with van der Waals surface area (Å²) in [5, 5.41) is 0. The van der Waals surface area contributed by atoms with Crippen molar-refractivity contribution in [2.24, 2.45) is 0 Å². The molecule has 2 aromatic carbocycles. The summed E-state index contributed by atoms with van der Waals surface area (Å²) in [7, 11) is 0. The van der Waals surface area contributed by atoms with E-state index in [0.29, 0.717) is 18.8 Å². The molecule has 0 radical (unpaired) electrons. The Balaban J connectivity index is 1.43. The van der Waals surface area contributed by atoms with Crippen molar-refractivity contribution >= 4 is 5.91 Å². The second-order valence-corrected chi connectivity index (χ2v) is 5.68. The Morgan fingerprint density at radius 1 is 1.12 bits per heavy atom. The van der Waals surface area contributed by atoms with Gasteiger partial charge in [-0.15, -0.1) is 0 Å². The molecule has 1 aliphatic heterocycles. The van der Waals surface area contributed by atoms with Crippen LogP contribution in [-0.2, 0) is 16.2 Å². The zero-order valence-corrected chi connectivity index (χ0v) is 13.4. The van der Waals surface area contributed by atoms with Gasteiger partial charge in [0.15, 0.2) is 0 Å². The molecule has 0 saturated carbocycles. The maximum absolute atomic E-state index is 12.0. The molecule has 1 heterocycles. The van der Waals surface area contributed by atoms with Gasteiger partial charge >= 0.3 is 0 Å². The average Bonchev–Trinajstić information content (AvgIpc) is 3.15. The maximum atomic E-state index is 12.0. The number of ether oxygens (including phenoxy) is 2. The minimum atomic E-state index is -0.281. The summed E-state index contributed by atoms with van der Waals surface area (Å²) >= 11 is 0. The van der Waals surface area contributed by atoms with Gasteiger partial charge in [-0.05, 0) is 42.7 Å². The molecule has 2 aromatic rings. The summed E-state index contributed by atoms with van der Waals surface area (Å²) in [5.74, 6) is 0.448. The lowest BCUT2D eigenvalue weighted by Gasteiger charge is -2.11. The summed E-state index contributed by atoms with van der Waals surface area (Å²) in [6.07, 6.45) is 2.31. The van der Waals surface area contributed by atoms with Gasteiger partial charge in [0.2, 0.25) is 0 Å². The molecule has 126 valence electrons. The van der Waals surface area contributed by atoms with Crippen LogP contribution in [-0.4, -0.2) is 25.2 Å². The van der Waals surface area contributed by atoms with Crippen molar-refractivity contribution in [2.75, 3.05) is 13.2 Å². The van der Waals surface area contributed by atoms with Crippen molar-refractivity contribution in [1.29, 1.82) is 0 Å². The highest BCUT2D eigenvalue weighted by Gasteiger charge is 2.16. The monoisotopic (exact) mass is 327 g/mol. The van der Waals surface area contributed by atoms with Crippen LogP contribution in [0, 0.1) is 0 Å². The Morgan fingerprint density at radius 3 is 2.62 bits per heavy atom. The average molecular weight is 327 g/mol. The van der Waals surface area contributed by atoms with E-state index in [1.165, 1.54) is 0 Å². The number of hydrogen-bond acceptors (Lipinski definition) is 4. The number of hydroxylamine groups is 1. The molecule has 1 amide bonds. The van der Waals surface area contributed by atoms with Crippen molar-refractivity contribution < 1.29 is 19.1 Å². The molecule has 1 aliphatic rings. The van der Waals surface area contributed by atoms with Crippen LogP contribution < -0.4 is 10.2 Å². The lowest BCUT2D eigenvalue weighted by molar-refractivity contribution is 0.0233. The van der Waals surface area contributed by atoms with E-state index >= 15 is 0 Å². The standard InChI is InChI=1S/C19H21NO4/c21-19(20-24-13-15-5-2-1-3-6-15)16-8-10-17(11-9-16)23-14-18-7-4-12-22-18/h1-3,5-6,8-11,18H,4,7,12-14H2,(H,20,21). The summed E-state index contributed by atoms with van der Waals surface area (Å²) in [6, 6.07) is 16.6. The Morgan fingerprint density at radius 2 is 1.92 bits per heavy atom. The Kier molecular flexibility index (Phi) is 5.82. The Labute approximate surface area is 141 Å². The van der Waals surface area contributed by atoms with Gasteiger partial charge in [0.25, 0.3) is 5.91 Å². The number of amides is 1. The van der Waals surface area contributed by atoms with Gasteiger partial charge in [0.1, 0.15) is 12.4 Å². The summed E-state index contributed by atoms with van der Waals surface area (Å²) in [6.45, 7) is 1.69. The number of nitrogens with one attached hydrogen (secondary N) is 1. The Bertz CT molecular complexity index is 636. The summed E-state index contributed by atoms with van der Waals surface area (Å²) in [5.41, 5.74) is 3.96. The van der Waals surface area contributed by atoms with Crippen molar-refractivity contribution in [2.45, 2.75) is 25.6 Å². The number of rotatable bonds is 7. The first kappa shape index (κ1) is 16.5. The van der Waals surface area contributed by atoms with E-state index in [-0.39, 0.29) is 12.0 Å². The van der Waals surface area contributed by atoms with Crippen molar-refractivity contribution in [1.82, 2.24) is 5.48 Å². The van der Waals surface area contributed by atoms with Crippen LogP contribution in [0.15, 0.2) is 54.6 Å². The van der Waals surface area contributed by atoms with Gasteiger partial charge in [0, 0.05) is 12.2 Å². The zero-order chi connectivity index (χ0) is 16.6. The van der Waals surface area contributed by atoms with E-state index in [2.05, 4.69) is 5.48 Å². The first-order valence-corrected chi connectivity index (χ1v) is 8.12. The third-order valence-corrected chi connectivity index (χ3v) is 3.82. The molecule has 5 nitrogen and oxygen atoms in total. The predicted octanol–water partition coefficient (Wildman–Crippen LogP) is 3.11. The third-order valence-electron chi connectivity index (χ3n) is 3.82. The molecule has 24 heavy (non-hydrogen) atoms. The minimum absolute atomic E-state index is 0.180. The summed E-state index contributed by atoms with van der Waals surface area (Å²) in [4.78, 5) is 17.3. The minimum Gasteiger partial charge on any atom is -0.491 e. The number of hydrogen-bond donors (Lipinski definition) is 1. The van der Waals surface area contributed by atoms with Crippen molar-refractivity contribution in [3.05, 3.63) is 65.7 Å². The smallest absolute Gasteiger partial charge is 0.274 e. The third kappa shape index (κ3) is 4.81. The van der Waals surface area contributed by atoms with Crippen molar-refractivity contribution in [3.8, 4) is 5.75 Å². The molecular weight excluding hydrogens is 306 g/mol. The largest absolute Gasteiger partial charge is 0.491 e. The first-order valence-electron chi connectivity index (χ1n) is 8.12. The highest BCUT2D eigenvalue weighted by Crippen LogP contribution is 2.16. The van der Waals surface area contributed by atoms with Gasteiger partial charge in [0.05, 0.1) is 12.7 Å². The number of benzene rings is 2. The van der Waals surface area contributed by atoms with E-state index < -0.39 is 0 Å². The van der Waals surface area contributed by atoms with Crippen LogP contribution in [0.5, 0.6) is 5.75 Å². The SMILES string of the molecule is O=C(NOCc1ccccc1)c1ccc(OCC2CCCO2)cc1.